The maximum Gasteiger partial charge on any atom is 0.410 e. The Balaban J connectivity index is 3.31. The van der Waals surface area contributed by atoms with Crippen LogP contribution in [0.2, 0.25) is 0 Å². The van der Waals surface area contributed by atoms with Crippen LogP contribution in [0.25, 0.3) is 0 Å². The Morgan fingerprint density at radius 1 is 1.00 bits per heavy atom. The van der Waals surface area contributed by atoms with Crippen LogP contribution in [0.4, 0.5) is 4.79 Å². The van der Waals surface area contributed by atoms with Crippen LogP contribution < -0.4 is 10.6 Å². The zero-order valence-electron chi connectivity index (χ0n) is 12.9. The standard InChI is InChI=1S/C14H28N2O4/c1-4-8-15-9-6-5-7-10-16-14(18)20-11-19-13(17)12(2)3/h12,15H,4-11H2,1-3H3,(H,16,18). The normalized spacial score (nSPS) is 10.4. The number of esters is 1. The smallest absolute Gasteiger partial charge is 0.410 e. The summed E-state index contributed by atoms with van der Waals surface area (Å²) in [5.41, 5.74) is 0. The second-order valence-corrected chi connectivity index (χ2v) is 4.91. The van der Waals surface area contributed by atoms with Gasteiger partial charge >= 0.3 is 12.1 Å². The molecular formula is C14H28N2O4. The summed E-state index contributed by atoms with van der Waals surface area (Å²) in [6, 6.07) is 0. The molecule has 6 heteroatoms. The van der Waals surface area contributed by atoms with Crippen LogP contribution in [0.15, 0.2) is 0 Å². The molecule has 0 aromatic heterocycles. The maximum absolute atomic E-state index is 11.2. The summed E-state index contributed by atoms with van der Waals surface area (Å²) in [4.78, 5) is 22.3. The largest absolute Gasteiger partial charge is 0.428 e. The molecule has 0 fully saturated rings. The molecule has 0 atom stereocenters. The molecule has 0 saturated heterocycles. The van der Waals surface area contributed by atoms with Crippen molar-refractivity contribution in [1.82, 2.24) is 10.6 Å². The zero-order chi connectivity index (χ0) is 15.2. The van der Waals surface area contributed by atoms with Crippen molar-refractivity contribution < 1.29 is 19.1 Å². The van der Waals surface area contributed by atoms with Crippen LogP contribution in [0.3, 0.4) is 0 Å². The van der Waals surface area contributed by atoms with Crippen LogP contribution in [-0.2, 0) is 14.3 Å². The fourth-order valence-electron chi connectivity index (χ4n) is 1.40. The molecule has 0 aliphatic rings. The lowest BCUT2D eigenvalue weighted by Gasteiger charge is -2.09. The summed E-state index contributed by atoms with van der Waals surface area (Å²) in [5, 5.41) is 5.94. The van der Waals surface area contributed by atoms with Crippen molar-refractivity contribution in [1.29, 1.82) is 0 Å². The third-order valence-electron chi connectivity index (χ3n) is 2.59. The highest BCUT2D eigenvalue weighted by Gasteiger charge is 2.09. The Hall–Kier alpha value is -1.30. The first-order chi connectivity index (χ1) is 9.57. The van der Waals surface area contributed by atoms with Crippen molar-refractivity contribution in [2.75, 3.05) is 26.4 Å². The van der Waals surface area contributed by atoms with E-state index in [4.69, 9.17) is 9.47 Å². The number of unbranched alkanes of at least 4 members (excludes halogenated alkanes) is 2. The van der Waals surface area contributed by atoms with E-state index in [0.717, 1.165) is 38.8 Å². The van der Waals surface area contributed by atoms with Gasteiger partial charge < -0.3 is 20.1 Å². The van der Waals surface area contributed by atoms with Gasteiger partial charge in [0.1, 0.15) is 0 Å². The molecule has 20 heavy (non-hydrogen) atoms. The Labute approximate surface area is 121 Å². The predicted molar refractivity (Wildman–Crippen MR) is 77.3 cm³/mol. The number of nitrogens with one attached hydrogen (secondary N) is 2. The van der Waals surface area contributed by atoms with E-state index >= 15 is 0 Å². The van der Waals surface area contributed by atoms with Crippen molar-refractivity contribution in [3.05, 3.63) is 0 Å². The van der Waals surface area contributed by atoms with E-state index in [2.05, 4.69) is 17.6 Å². The van der Waals surface area contributed by atoms with E-state index in [9.17, 15) is 9.59 Å². The number of ether oxygens (including phenoxy) is 2. The van der Waals surface area contributed by atoms with Gasteiger partial charge in [-0.15, -0.1) is 0 Å². The third-order valence-corrected chi connectivity index (χ3v) is 2.59. The van der Waals surface area contributed by atoms with E-state index in [1.807, 2.05) is 0 Å². The highest BCUT2D eigenvalue weighted by atomic mass is 16.7. The number of amides is 1. The first-order valence-corrected chi connectivity index (χ1v) is 7.35. The summed E-state index contributed by atoms with van der Waals surface area (Å²) in [5.74, 6) is -0.597. The first kappa shape index (κ1) is 18.7. The SMILES string of the molecule is CCCNCCCCCNC(=O)OCOC(=O)C(C)C. The van der Waals surface area contributed by atoms with Gasteiger partial charge in [0.15, 0.2) is 0 Å². The summed E-state index contributed by atoms with van der Waals surface area (Å²) in [7, 11) is 0. The number of carbonyl (C=O) groups is 2. The van der Waals surface area contributed by atoms with Crippen LogP contribution in [0.1, 0.15) is 46.5 Å². The van der Waals surface area contributed by atoms with Crippen molar-refractivity contribution >= 4 is 12.1 Å². The van der Waals surface area contributed by atoms with Crippen molar-refractivity contribution in [3.63, 3.8) is 0 Å². The van der Waals surface area contributed by atoms with E-state index < -0.39 is 6.09 Å². The average Bonchev–Trinajstić information content (AvgIpc) is 2.41. The molecule has 0 aliphatic carbocycles. The summed E-state index contributed by atoms with van der Waals surface area (Å²) < 4.78 is 9.44. The van der Waals surface area contributed by atoms with Gasteiger partial charge in [-0.2, -0.15) is 0 Å². The lowest BCUT2D eigenvalue weighted by Crippen LogP contribution is -2.27. The van der Waals surface area contributed by atoms with Crippen LogP contribution in [0.5, 0.6) is 0 Å². The zero-order valence-corrected chi connectivity index (χ0v) is 12.9. The quantitative estimate of drug-likeness (QED) is 0.346. The minimum atomic E-state index is -0.550. The Morgan fingerprint density at radius 3 is 2.35 bits per heavy atom. The van der Waals surface area contributed by atoms with E-state index in [1.165, 1.54) is 0 Å². The Kier molecular flexibility index (Phi) is 11.9. The number of hydrogen-bond donors (Lipinski definition) is 2. The van der Waals surface area contributed by atoms with Crippen LogP contribution in [-0.4, -0.2) is 38.5 Å². The van der Waals surface area contributed by atoms with Gasteiger partial charge in [0.2, 0.25) is 6.79 Å². The average molecular weight is 288 g/mol. The van der Waals surface area contributed by atoms with Gasteiger partial charge in [-0.3, -0.25) is 4.79 Å². The molecule has 0 aromatic rings. The summed E-state index contributed by atoms with van der Waals surface area (Å²) in [6.45, 7) is 7.90. The molecule has 0 heterocycles. The molecule has 2 N–H and O–H groups in total. The van der Waals surface area contributed by atoms with Crippen molar-refractivity contribution in [2.45, 2.75) is 46.5 Å². The second-order valence-electron chi connectivity index (χ2n) is 4.91. The van der Waals surface area contributed by atoms with Crippen LogP contribution in [0, 0.1) is 5.92 Å². The molecule has 1 amide bonds. The molecule has 0 aromatic carbocycles. The molecule has 0 saturated carbocycles. The molecule has 0 rings (SSSR count). The Morgan fingerprint density at radius 2 is 1.70 bits per heavy atom. The number of alkyl carbamates (subject to hydrolysis) is 1. The fraction of sp³-hybridized carbons (Fsp3) is 0.857. The molecule has 0 spiro atoms. The number of hydrogen-bond acceptors (Lipinski definition) is 5. The van der Waals surface area contributed by atoms with E-state index in [-0.39, 0.29) is 18.7 Å². The number of carbonyl (C=O) groups excluding carboxylic acids is 2. The molecule has 0 aliphatic heterocycles. The molecule has 0 bridgehead atoms. The minimum absolute atomic E-state index is 0.219. The minimum Gasteiger partial charge on any atom is -0.428 e. The lowest BCUT2D eigenvalue weighted by molar-refractivity contribution is -0.155. The molecule has 118 valence electrons. The molecule has 0 radical (unpaired) electrons. The monoisotopic (exact) mass is 288 g/mol. The fourth-order valence-corrected chi connectivity index (χ4v) is 1.40. The molecular weight excluding hydrogens is 260 g/mol. The summed E-state index contributed by atoms with van der Waals surface area (Å²) in [6.07, 6.45) is 3.66. The third kappa shape index (κ3) is 11.8. The molecule has 6 nitrogen and oxygen atoms in total. The Bertz CT molecular complexity index is 270. The van der Waals surface area contributed by atoms with Gasteiger partial charge in [-0.05, 0) is 32.4 Å². The predicted octanol–water partition coefficient (Wildman–Crippen LogP) is 2.04. The number of rotatable bonds is 11. The maximum atomic E-state index is 11.2. The first-order valence-electron chi connectivity index (χ1n) is 7.35. The van der Waals surface area contributed by atoms with E-state index in [1.54, 1.807) is 13.8 Å². The van der Waals surface area contributed by atoms with Gasteiger partial charge in [0.25, 0.3) is 0 Å². The van der Waals surface area contributed by atoms with Gasteiger partial charge in [-0.1, -0.05) is 27.2 Å². The second kappa shape index (κ2) is 12.7. The highest BCUT2D eigenvalue weighted by molar-refractivity contribution is 5.71. The van der Waals surface area contributed by atoms with Crippen molar-refractivity contribution in [2.24, 2.45) is 5.92 Å². The van der Waals surface area contributed by atoms with Crippen molar-refractivity contribution in [3.8, 4) is 0 Å². The molecule has 0 unspecified atom stereocenters. The van der Waals surface area contributed by atoms with Gasteiger partial charge in [-0.25, -0.2) is 4.79 Å². The van der Waals surface area contributed by atoms with Gasteiger partial charge in [0, 0.05) is 6.54 Å². The van der Waals surface area contributed by atoms with Gasteiger partial charge in [0.05, 0.1) is 5.92 Å². The lowest BCUT2D eigenvalue weighted by atomic mass is 10.2. The van der Waals surface area contributed by atoms with Crippen LogP contribution >= 0.6 is 0 Å². The highest BCUT2D eigenvalue weighted by Crippen LogP contribution is 1.96. The van der Waals surface area contributed by atoms with E-state index in [0.29, 0.717) is 6.54 Å². The summed E-state index contributed by atoms with van der Waals surface area (Å²) >= 11 is 0. The topological polar surface area (TPSA) is 76.7 Å².